The molecule has 0 atom stereocenters. The maximum atomic E-state index is 12.4. The van der Waals surface area contributed by atoms with Crippen LogP contribution in [-0.4, -0.2) is 27.2 Å². The van der Waals surface area contributed by atoms with Crippen LogP contribution in [0.1, 0.15) is 16.1 Å². The van der Waals surface area contributed by atoms with Gasteiger partial charge in [-0.05, 0) is 31.2 Å². The first-order valence-corrected chi connectivity index (χ1v) is 11.3. The number of aromatic nitrogens is 3. The van der Waals surface area contributed by atoms with Gasteiger partial charge in [-0.1, -0.05) is 53.5 Å². The van der Waals surface area contributed by atoms with Crippen LogP contribution in [0.15, 0.2) is 65.5 Å². The van der Waals surface area contributed by atoms with E-state index in [-0.39, 0.29) is 24.6 Å². The van der Waals surface area contributed by atoms with Gasteiger partial charge in [0.15, 0.2) is 0 Å². The van der Waals surface area contributed by atoms with Gasteiger partial charge in [-0.25, -0.2) is 9.67 Å². The second-order valence-corrected chi connectivity index (χ2v) is 8.87. The quantitative estimate of drug-likeness (QED) is 0.413. The number of nitrogens with zero attached hydrogens (tertiary/aromatic N) is 3. The van der Waals surface area contributed by atoms with Crippen LogP contribution >= 0.6 is 34.5 Å². The van der Waals surface area contributed by atoms with E-state index in [9.17, 15) is 9.59 Å². The number of nitrogens with one attached hydrogen (secondary N) is 1. The molecule has 162 valence electrons. The Bertz CT molecular complexity index is 1320. The summed E-state index contributed by atoms with van der Waals surface area (Å²) in [5.41, 5.74) is 2.64. The molecule has 6 nitrogen and oxygen atoms in total. The number of benzene rings is 2. The van der Waals surface area contributed by atoms with E-state index in [0.717, 1.165) is 21.1 Å². The fourth-order valence-electron chi connectivity index (χ4n) is 3.13. The second kappa shape index (κ2) is 9.65. The Kier molecular flexibility index (Phi) is 6.69. The van der Waals surface area contributed by atoms with Crippen molar-refractivity contribution in [2.24, 2.45) is 0 Å². The number of aryl methyl sites for hydroxylation is 1. The number of amides is 1. The molecule has 0 spiro atoms. The highest BCUT2D eigenvalue weighted by Crippen LogP contribution is 2.33. The average molecular weight is 485 g/mol. The number of thiazole rings is 1. The van der Waals surface area contributed by atoms with Gasteiger partial charge in [0, 0.05) is 33.8 Å². The zero-order chi connectivity index (χ0) is 22.7. The first kappa shape index (κ1) is 22.2. The van der Waals surface area contributed by atoms with Crippen LogP contribution in [0, 0.1) is 6.92 Å². The molecule has 32 heavy (non-hydrogen) atoms. The zero-order valence-electron chi connectivity index (χ0n) is 17.0. The van der Waals surface area contributed by atoms with Gasteiger partial charge in [-0.15, -0.1) is 11.3 Å². The largest absolute Gasteiger partial charge is 0.350 e. The molecule has 2 aromatic carbocycles. The van der Waals surface area contributed by atoms with Crippen molar-refractivity contribution in [1.82, 2.24) is 20.1 Å². The summed E-state index contributed by atoms with van der Waals surface area (Å²) in [5.74, 6) is -0.329. The standard InChI is InChI=1S/C23H18Cl2N4O2S/c1-14-21(32-23(27-14)15-5-3-2-4-6-15)19-7-8-20(30)29(28-19)10-9-26-22(31)16-11-17(24)13-18(25)12-16/h2-8,11-13H,9-10H2,1H3,(H,26,31). The van der Waals surface area contributed by atoms with Gasteiger partial charge in [-0.3, -0.25) is 9.59 Å². The van der Waals surface area contributed by atoms with E-state index < -0.39 is 0 Å². The van der Waals surface area contributed by atoms with Crippen molar-refractivity contribution < 1.29 is 4.79 Å². The molecule has 0 radical (unpaired) electrons. The van der Waals surface area contributed by atoms with Crippen molar-refractivity contribution in [3.63, 3.8) is 0 Å². The number of hydrogen-bond acceptors (Lipinski definition) is 5. The summed E-state index contributed by atoms with van der Waals surface area (Å²) in [6.07, 6.45) is 0. The maximum Gasteiger partial charge on any atom is 0.266 e. The first-order valence-electron chi connectivity index (χ1n) is 9.76. The normalized spacial score (nSPS) is 10.8. The van der Waals surface area contributed by atoms with Gasteiger partial charge < -0.3 is 5.32 Å². The SMILES string of the molecule is Cc1nc(-c2ccccc2)sc1-c1ccc(=O)n(CCNC(=O)c2cc(Cl)cc(Cl)c2)n1. The Morgan fingerprint density at radius 1 is 1.06 bits per heavy atom. The van der Waals surface area contributed by atoms with Crippen molar-refractivity contribution >= 4 is 40.4 Å². The summed E-state index contributed by atoms with van der Waals surface area (Å²) < 4.78 is 1.34. The van der Waals surface area contributed by atoms with Crippen molar-refractivity contribution in [3.05, 3.63) is 92.3 Å². The lowest BCUT2D eigenvalue weighted by molar-refractivity contribution is 0.0951. The molecule has 0 aliphatic heterocycles. The smallest absolute Gasteiger partial charge is 0.266 e. The van der Waals surface area contributed by atoms with E-state index in [0.29, 0.717) is 21.3 Å². The van der Waals surface area contributed by atoms with Gasteiger partial charge in [0.05, 0.1) is 17.1 Å². The molecule has 0 aliphatic rings. The van der Waals surface area contributed by atoms with Crippen molar-refractivity contribution in [2.45, 2.75) is 13.5 Å². The highest BCUT2D eigenvalue weighted by atomic mass is 35.5. The molecule has 1 N–H and O–H groups in total. The lowest BCUT2D eigenvalue weighted by Crippen LogP contribution is -2.31. The molecular formula is C23H18Cl2N4O2S. The van der Waals surface area contributed by atoms with Gasteiger partial charge in [0.1, 0.15) is 10.7 Å². The Morgan fingerprint density at radius 2 is 1.78 bits per heavy atom. The maximum absolute atomic E-state index is 12.4. The molecule has 0 saturated heterocycles. The summed E-state index contributed by atoms with van der Waals surface area (Å²) in [5, 5.41) is 8.90. The van der Waals surface area contributed by atoms with Crippen molar-refractivity contribution in [3.8, 4) is 21.1 Å². The van der Waals surface area contributed by atoms with E-state index in [4.69, 9.17) is 23.2 Å². The van der Waals surface area contributed by atoms with Crippen LogP contribution in [0.25, 0.3) is 21.1 Å². The van der Waals surface area contributed by atoms with Gasteiger partial charge in [-0.2, -0.15) is 5.10 Å². The summed E-state index contributed by atoms with van der Waals surface area (Å²) in [7, 11) is 0. The fraction of sp³-hybridized carbons (Fsp3) is 0.130. The summed E-state index contributed by atoms with van der Waals surface area (Å²) in [6, 6.07) is 17.7. The predicted molar refractivity (Wildman–Crippen MR) is 129 cm³/mol. The van der Waals surface area contributed by atoms with Crippen LogP contribution in [0.5, 0.6) is 0 Å². The van der Waals surface area contributed by atoms with Gasteiger partial charge in [0.2, 0.25) is 0 Å². The highest BCUT2D eigenvalue weighted by molar-refractivity contribution is 7.18. The first-order chi connectivity index (χ1) is 15.4. The number of carbonyl (C=O) groups is 1. The molecule has 0 bridgehead atoms. The topological polar surface area (TPSA) is 76.9 Å². The molecule has 0 saturated carbocycles. The zero-order valence-corrected chi connectivity index (χ0v) is 19.3. The molecule has 0 unspecified atom stereocenters. The summed E-state index contributed by atoms with van der Waals surface area (Å²) in [4.78, 5) is 30.2. The minimum Gasteiger partial charge on any atom is -0.350 e. The highest BCUT2D eigenvalue weighted by Gasteiger charge is 2.14. The number of hydrogen-bond donors (Lipinski definition) is 1. The Hall–Kier alpha value is -3.00. The van der Waals surface area contributed by atoms with Crippen molar-refractivity contribution in [2.75, 3.05) is 6.54 Å². The third kappa shape index (κ3) is 5.07. The minimum absolute atomic E-state index is 0.218. The molecule has 9 heteroatoms. The predicted octanol–water partition coefficient (Wildman–Crippen LogP) is 5.08. The Balaban J connectivity index is 1.49. The molecule has 4 rings (SSSR count). The number of halogens is 2. The lowest BCUT2D eigenvalue weighted by Gasteiger charge is -2.09. The lowest BCUT2D eigenvalue weighted by atomic mass is 10.2. The third-order valence-electron chi connectivity index (χ3n) is 4.65. The molecule has 1 amide bonds. The molecule has 0 fully saturated rings. The van der Waals surface area contributed by atoms with Gasteiger partial charge in [0.25, 0.3) is 11.5 Å². The van der Waals surface area contributed by atoms with Crippen LogP contribution in [0.2, 0.25) is 10.0 Å². The Morgan fingerprint density at radius 3 is 2.50 bits per heavy atom. The number of rotatable bonds is 6. The van der Waals surface area contributed by atoms with Crippen LogP contribution in [0.3, 0.4) is 0 Å². The van der Waals surface area contributed by atoms with E-state index in [2.05, 4.69) is 15.4 Å². The van der Waals surface area contributed by atoms with Crippen LogP contribution < -0.4 is 10.9 Å². The van der Waals surface area contributed by atoms with Crippen molar-refractivity contribution in [1.29, 1.82) is 0 Å². The van der Waals surface area contributed by atoms with E-state index in [1.807, 2.05) is 37.3 Å². The molecule has 0 aliphatic carbocycles. The molecule has 4 aromatic rings. The third-order valence-corrected chi connectivity index (χ3v) is 6.32. The van der Waals surface area contributed by atoms with Crippen LogP contribution in [-0.2, 0) is 6.54 Å². The monoisotopic (exact) mass is 484 g/mol. The molecule has 2 heterocycles. The molecular weight excluding hydrogens is 467 g/mol. The van der Waals surface area contributed by atoms with Crippen LogP contribution in [0.4, 0.5) is 0 Å². The van der Waals surface area contributed by atoms with E-state index in [1.54, 1.807) is 12.1 Å². The average Bonchev–Trinajstić information content (AvgIpc) is 3.16. The Labute approximate surface area is 198 Å². The minimum atomic E-state index is -0.329. The summed E-state index contributed by atoms with van der Waals surface area (Å²) >= 11 is 13.4. The second-order valence-electron chi connectivity index (χ2n) is 6.99. The fourth-order valence-corrected chi connectivity index (χ4v) is 4.69. The number of carbonyl (C=O) groups excluding carboxylic acids is 1. The van der Waals surface area contributed by atoms with Gasteiger partial charge >= 0.3 is 0 Å². The van der Waals surface area contributed by atoms with E-state index >= 15 is 0 Å². The summed E-state index contributed by atoms with van der Waals surface area (Å²) in [6.45, 7) is 2.36. The van der Waals surface area contributed by atoms with E-state index in [1.165, 1.54) is 34.2 Å². The molecule has 2 aromatic heterocycles.